The predicted octanol–water partition coefficient (Wildman–Crippen LogP) is 6.83. The molecule has 32 heavy (non-hydrogen) atoms. The Balaban J connectivity index is 1.69. The van der Waals surface area contributed by atoms with Crippen LogP contribution in [0, 0.1) is 0 Å². The number of rotatable bonds is 5. The van der Waals surface area contributed by atoms with E-state index in [-0.39, 0.29) is 27.2 Å². The number of thioether (sulfide) groups is 1. The molecule has 170 valence electrons. The number of hydrogen-bond acceptors (Lipinski definition) is 5. The molecular weight excluding hydrogens is 463 g/mol. The molecule has 1 atom stereocenters. The van der Waals surface area contributed by atoms with E-state index in [0.717, 1.165) is 35.0 Å². The van der Waals surface area contributed by atoms with E-state index in [1.165, 1.54) is 13.0 Å². The number of nitrogens with zero attached hydrogens (tertiary/aromatic N) is 2. The second kappa shape index (κ2) is 9.15. The molecule has 0 bridgehead atoms. The summed E-state index contributed by atoms with van der Waals surface area (Å²) in [6.07, 6.45) is -4.66. The molecule has 0 aliphatic carbocycles. The Morgan fingerprint density at radius 3 is 2.34 bits per heavy atom. The van der Waals surface area contributed by atoms with E-state index in [9.17, 15) is 18.0 Å². The summed E-state index contributed by atoms with van der Waals surface area (Å²) in [5.74, 6) is -0.352. The van der Waals surface area contributed by atoms with Gasteiger partial charge in [-0.2, -0.15) is 13.2 Å². The Morgan fingerprint density at radius 2 is 1.75 bits per heavy atom. The van der Waals surface area contributed by atoms with Crippen molar-refractivity contribution in [1.29, 1.82) is 0 Å². The van der Waals surface area contributed by atoms with E-state index in [0.29, 0.717) is 0 Å². The fourth-order valence-corrected chi connectivity index (χ4v) is 3.64. The fraction of sp³-hybridized carbons (Fsp3) is 0.318. The summed E-state index contributed by atoms with van der Waals surface area (Å²) in [7, 11) is 0. The highest BCUT2D eigenvalue weighted by molar-refractivity contribution is 8.00. The minimum absolute atomic E-state index is 0.00719. The molecule has 1 heterocycles. The molecule has 0 saturated carbocycles. The number of amides is 1. The first-order valence-corrected chi connectivity index (χ1v) is 10.9. The van der Waals surface area contributed by atoms with Gasteiger partial charge >= 0.3 is 6.18 Å². The van der Waals surface area contributed by atoms with Crippen molar-refractivity contribution in [1.82, 2.24) is 10.2 Å². The third-order valence-corrected chi connectivity index (χ3v) is 5.77. The van der Waals surface area contributed by atoms with Gasteiger partial charge in [0.15, 0.2) is 0 Å². The van der Waals surface area contributed by atoms with Crippen molar-refractivity contribution >= 4 is 35.0 Å². The van der Waals surface area contributed by atoms with Crippen molar-refractivity contribution in [3.8, 4) is 11.5 Å². The first-order chi connectivity index (χ1) is 14.8. The van der Waals surface area contributed by atoms with Gasteiger partial charge in [0.1, 0.15) is 0 Å². The van der Waals surface area contributed by atoms with E-state index < -0.39 is 22.9 Å². The Kier molecular flexibility index (Phi) is 6.90. The normalized spacial score (nSPS) is 13.1. The van der Waals surface area contributed by atoms with Crippen LogP contribution in [0.1, 0.15) is 38.8 Å². The van der Waals surface area contributed by atoms with Crippen molar-refractivity contribution in [2.45, 2.75) is 49.8 Å². The summed E-state index contributed by atoms with van der Waals surface area (Å²) >= 11 is 6.62. The average molecular weight is 484 g/mol. The van der Waals surface area contributed by atoms with E-state index in [1.54, 1.807) is 0 Å². The minimum atomic E-state index is -4.66. The molecule has 1 aromatic heterocycles. The van der Waals surface area contributed by atoms with Crippen molar-refractivity contribution in [2.75, 3.05) is 5.32 Å². The van der Waals surface area contributed by atoms with Gasteiger partial charge in [-0.25, -0.2) is 0 Å². The molecule has 2 aromatic carbocycles. The van der Waals surface area contributed by atoms with E-state index in [1.807, 2.05) is 24.3 Å². The molecule has 0 saturated heterocycles. The van der Waals surface area contributed by atoms with E-state index in [4.69, 9.17) is 16.0 Å². The number of carbonyl (C=O) groups is 1. The first kappa shape index (κ1) is 24.1. The van der Waals surface area contributed by atoms with Crippen molar-refractivity contribution in [3.05, 3.63) is 58.6 Å². The quantitative estimate of drug-likeness (QED) is 0.403. The van der Waals surface area contributed by atoms with Gasteiger partial charge in [-0.1, -0.05) is 56.3 Å². The van der Waals surface area contributed by atoms with Crippen molar-refractivity contribution in [2.24, 2.45) is 0 Å². The van der Waals surface area contributed by atoms with Gasteiger partial charge in [0.2, 0.25) is 11.8 Å². The summed E-state index contributed by atoms with van der Waals surface area (Å²) in [6, 6.07) is 10.9. The number of nitrogens with one attached hydrogen (secondary N) is 1. The number of hydrogen-bond donors (Lipinski definition) is 1. The number of aromatic nitrogens is 2. The standard InChI is InChI=1S/C22H21ClF3N3O2S/c1-12(18(30)27-17-10-9-15(23)11-16(17)22(24,25)26)32-20-29-28-19(31-20)13-5-7-14(8-6-13)21(2,3)4/h5-12H,1-4H3,(H,27,30). The fourth-order valence-electron chi connectivity index (χ4n) is 2.79. The van der Waals surface area contributed by atoms with Gasteiger partial charge in [-0.15, -0.1) is 10.2 Å². The Bertz CT molecular complexity index is 1110. The zero-order chi connectivity index (χ0) is 23.7. The van der Waals surface area contributed by atoms with Crippen LogP contribution in [0.15, 0.2) is 52.1 Å². The van der Waals surface area contributed by atoms with Crippen LogP contribution in [0.3, 0.4) is 0 Å². The van der Waals surface area contributed by atoms with Gasteiger partial charge < -0.3 is 9.73 Å². The van der Waals surface area contributed by atoms with Crippen LogP contribution in [0.5, 0.6) is 0 Å². The Morgan fingerprint density at radius 1 is 1.09 bits per heavy atom. The molecule has 10 heteroatoms. The van der Waals surface area contributed by atoms with Gasteiger partial charge in [0, 0.05) is 10.6 Å². The topological polar surface area (TPSA) is 68.0 Å². The lowest BCUT2D eigenvalue weighted by molar-refractivity contribution is -0.137. The van der Waals surface area contributed by atoms with Crippen molar-refractivity contribution < 1.29 is 22.4 Å². The van der Waals surface area contributed by atoms with Crippen LogP contribution in [0.2, 0.25) is 5.02 Å². The predicted molar refractivity (Wildman–Crippen MR) is 119 cm³/mol. The highest BCUT2D eigenvalue weighted by atomic mass is 35.5. The third kappa shape index (κ3) is 5.83. The minimum Gasteiger partial charge on any atom is -0.411 e. The number of carbonyl (C=O) groups excluding carboxylic acids is 1. The monoisotopic (exact) mass is 483 g/mol. The molecule has 3 aromatic rings. The van der Waals surface area contributed by atoms with Gasteiger partial charge in [-0.05, 0) is 48.2 Å². The Hall–Kier alpha value is -2.52. The summed E-state index contributed by atoms with van der Waals surface area (Å²) in [5, 5.41) is 9.49. The Labute approximate surface area is 192 Å². The molecule has 5 nitrogen and oxygen atoms in total. The van der Waals surface area contributed by atoms with Gasteiger partial charge in [0.05, 0.1) is 16.5 Å². The molecule has 1 unspecified atom stereocenters. The SMILES string of the molecule is CC(Sc1nnc(-c2ccc(C(C)(C)C)cc2)o1)C(=O)Nc1ccc(Cl)cc1C(F)(F)F. The maximum Gasteiger partial charge on any atom is 0.418 e. The van der Waals surface area contributed by atoms with Crippen LogP contribution < -0.4 is 5.32 Å². The molecule has 1 N–H and O–H groups in total. The molecule has 1 amide bonds. The summed E-state index contributed by atoms with van der Waals surface area (Å²) in [6.45, 7) is 7.86. The number of alkyl halides is 3. The van der Waals surface area contributed by atoms with Gasteiger partial charge in [0.25, 0.3) is 5.22 Å². The van der Waals surface area contributed by atoms with Crippen LogP contribution >= 0.6 is 23.4 Å². The lowest BCUT2D eigenvalue weighted by Crippen LogP contribution is -2.24. The molecule has 0 aliphatic rings. The zero-order valence-electron chi connectivity index (χ0n) is 17.7. The smallest absolute Gasteiger partial charge is 0.411 e. The lowest BCUT2D eigenvalue weighted by atomic mass is 9.87. The lowest BCUT2D eigenvalue weighted by Gasteiger charge is -2.18. The second-order valence-electron chi connectivity index (χ2n) is 8.14. The number of halogens is 4. The maximum atomic E-state index is 13.2. The number of benzene rings is 2. The molecule has 0 radical (unpaired) electrons. The summed E-state index contributed by atoms with van der Waals surface area (Å²) in [5.41, 5.74) is 0.498. The van der Waals surface area contributed by atoms with E-state index in [2.05, 4.69) is 36.3 Å². The highest BCUT2D eigenvalue weighted by Crippen LogP contribution is 2.37. The van der Waals surface area contributed by atoms with Crippen LogP contribution in [-0.2, 0) is 16.4 Å². The van der Waals surface area contributed by atoms with Crippen LogP contribution in [0.25, 0.3) is 11.5 Å². The molecular formula is C22H21ClF3N3O2S. The average Bonchev–Trinajstić information content (AvgIpc) is 3.16. The zero-order valence-corrected chi connectivity index (χ0v) is 19.3. The first-order valence-electron chi connectivity index (χ1n) is 9.63. The molecule has 0 spiro atoms. The third-order valence-electron chi connectivity index (χ3n) is 4.60. The second-order valence-corrected chi connectivity index (χ2v) is 9.87. The molecule has 0 fully saturated rings. The van der Waals surface area contributed by atoms with Crippen LogP contribution in [0.4, 0.5) is 18.9 Å². The summed E-state index contributed by atoms with van der Waals surface area (Å²) in [4.78, 5) is 12.5. The van der Waals surface area contributed by atoms with E-state index >= 15 is 0 Å². The maximum absolute atomic E-state index is 13.2. The number of anilines is 1. The summed E-state index contributed by atoms with van der Waals surface area (Å²) < 4.78 is 45.3. The molecule has 3 rings (SSSR count). The molecule has 0 aliphatic heterocycles. The van der Waals surface area contributed by atoms with Gasteiger partial charge in [-0.3, -0.25) is 4.79 Å². The highest BCUT2D eigenvalue weighted by Gasteiger charge is 2.34. The van der Waals surface area contributed by atoms with Crippen molar-refractivity contribution in [3.63, 3.8) is 0 Å². The largest absolute Gasteiger partial charge is 0.418 e. The van der Waals surface area contributed by atoms with Crippen LogP contribution in [-0.4, -0.2) is 21.4 Å².